The first-order chi connectivity index (χ1) is 13.9. The minimum absolute atomic E-state index is 0.00657. The highest BCUT2D eigenvalue weighted by atomic mass is 32.2. The number of nitrogens with zero attached hydrogens (tertiary/aromatic N) is 1. The fourth-order valence-electron chi connectivity index (χ4n) is 5.76. The summed E-state index contributed by atoms with van der Waals surface area (Å²) in [7, 11) is 1.61. The van der Waals surface area contributed by atoms with E-state index in [1.54, 1.807) is 23.8 Å². The summed E-state index contributed by atoms with van der Waals surface area (Å²) in [5, 5.41) is 4.52. The lowest BCUT2D eigenvalue weighted by atomic mass is 9.69. The first-order valence-corrected chi connectivity index (χ1v) is 11.9. The van der Waals surface area contributed by atoms with Crippen LogP contribution in [0.5, 0.6) is 5.75 Å². The van der Waals surface area contributed by atoms with Crippen molar-refractivity contribution >= 4 is 34.7 Å². The molecule has 0 unspecified atom stereocenters. The monoisotopic (exact) mass is 430 g/mol. The molecule has 0 saturated heterocycles. The van der Waals surface area contributed by atoms with E-state index in [4.69, 9.17) is 4.74 Å². The van der Waals surface area contributed by atoms with Gasteiger partial charge in [0.05, 0.1) is 12.1 Å². The van der Waals surface area contributed by atoms with Crippen LogP contribution in [0.1, 0.15) is 38.0 Å². The second kappa shape index (κ2) is 6.91. The molecule has 29 heavy (non-hydrogen) atoms. The minimum atomic E-state index is -0.175. The van der Waals surface area contributed by atoms with Gasteiger partial charge < -0.3 is 10.1 Å². The molecule has 7 heteroatoms. The van der Waals surface area contributed by atoms with Crippen molar-refractivity contribution in [3.05, 3.63) is 38.8 Å². The predicted octanol–water partition coefficient (Wildman–Crippen LogP) is 4.36. The first kappa shape index (κ1) is 19.2. The Kier molecular flexibility index (Phi) is 4.59. The van der Waals surface area contributed by atoms with Crippen molar-refractivity contribution in [2.75, 3.05) is 12.4 Å². The Morgan fingerprint density at radius 1 is 1.24 bits per heavy atom. The highest BCUT2D eigenvalue weighted by Crippen LogP contribution is 2.64. The second-order valence-corrected chi connectivity index (χ2v) is 11.2. The molecule has 1 aromatic heterocycles. The first-order valence-electron chi connectivity index (χ1n) is 10.2. The number of amides is 1. The van der Waals surface area contributed by atoms with Crippen molar-refractivity contribution in [2.45, 2.75) is 55.3 Å². The zero-order valence-corrected chi connectivity index (χ0v) is 18.6. The Hall–Kier alpha value is -1.73. The van der Waals surface area contributed by atoms with Crippen LogP contribution in [0.25, 0.3) is 0 Å². The Bertz CT molecular complexity index is 1010. The van der Waals surface area contributed by atoms with Gasteiger partial charge in [0.1, 0.15) is 12.3 Å². The van der Waals surface area contributed by atoms with Crippen LogP contribution in [0, 0.1) is 17.8 Å². The molecule has 5 rings (SSSR count). The Morgan fingerprint density at radius 2 is 1.97 bits per heavy atom. The molecule has 0 radical (unpaired) electrons. The van der Waals surface area contributed by atoms with Crippen LogP contribution in [-0.4, -0.2) is 22.8 Å². The largest absolute Gasteiger partial charge is 0.497 e. The number of methoxy groups -OCH3 is 1. The minimum Gasteiger partial charge on any atom is -0.497 e. The van der Waals surface area contributed by atoms with Gasteiger partial charge in [-0.25, -0.2) is 0 Å². The van der Waals surface area contributed by atoms with Gasteiger partial charge in [0, 0.05) is 21.2 Å². The summed E-state index contributed by atoms with van der Waals surface area (Å²) < 4.78 is 6.85. The number of anilines is 1. The van der Waals surface area contributed by atoms with E-state index < -0.39 is 0 Å². The molecule has 4 atom stereocenters. The van der Waals surface area contributed by atoms with Crippen molar-refractivity contribution < 1.29 is 9.53 Å². The van der Waals surface area contributed by atoms with E-state index in [9.17, 15) is 9.59 Å². The van der Waals surface area contributed by atoms with E-state index in [1.165, 1.54) is 35.5 Å². The van der Waals surface area contributed by atoms with Gasteiger partial charge in [-0.05, 0) is 61.3 Å². The summed E-state index contributed by atoms with van der Waals surface area (Å²) in [4.78, 5) is 26.7. The van der Waals surface area contributed by atoms with Crippen LogP contribution in [0.15, 0.2) is 34.1 Å². The van der Waals surface area contributed by atoms with Crippen molar-refractivity contribution in [3.63, 3.8) is 0 Å². The third kappa shape index (κ3) is 3.05. The Balaban J connectivity index is 1.40. The van der Waals surface area contributed by atoms with Gasteiger partial charge in [0.25, 0.3) is 0 Å². The maximum atomic E-state index is 12.8. The number of rotatable bonds is 4. The van der Waals surface area contributed by atoms with E-state index in [0.717, 1.165) is 22.6 Å². The number of fused-ring (bicyclic) bond motifs is 6. The average Bonchev–Trinajstić information content (AvgIpc) is 3.38. The smallest absolute Gasteiger partial charge is 0.308 e. The summed E-state index contributed by atoms with van der Waals surface area (Å²) in [6.07, 6.45) is 3.99. The molecular weight excluding hydrogens is 404 g/mol. The van der Waals surface area contributed by atoms with Crippen LogP contribution in [0.3, 0.4) is 0 Å². The van der Waals surface area contributed by atoms with E-state index in [1.807, 2.05) is 23.9 Å². The lowest BCUT2D eigenvalue weighted by Gasteiger charge is -2.45. The Morgan fingerprint density at radius 3 is 2.69 bits per heavy atom. The predicted molar refractivity (Wildman–Crippen MR) is 117 cm³/mol. The fraction of sp³-hybridized carbons (Fsp3) is 0.545. The van der Waals surface area contributed by atoms with Gasteiger partial charge in [-0.3, -0.25) is 14.2 Å². The molecule has 2 aromatic rings. The highest BCUT2D eigenvalue weighted by molar-refractivity contribution is 8.00. The number of carbonyl (C=O) groups is 1. The lowest BCUT2D eigenvalue weighted by molar-refractivity contribution is -0.116. The van der Waals surface area contributed by atoms with Gasteiger partial charge in [0.15, 0.2) is 0 Å². The van der Waals surface area contributed by atoms with Gasteiger partial charge in [-0.15, -0.1) is 11.8 Å². The molecule has 1 aliphatic heterocycles. The molecular formula is C22H26N2O3S2. The molecule has 0 spiro atoms. The summed E-state index contributed by atoms with van der Waals surface area (Å²) in [5.41, 5.74) is 0.709. The Labute approximate surface area is 178 Å². The molecule has 2 fully saturated rings. The second-order valence-electron chi connectivity index (χ2n) is 9.03. The zero-order chi connectivity index (χ0) is 20.3. The number of hydrogen-bond acceptors (Lipinski definition) is 5. The lowest BCUT2D eigenvalue weighted by Crippen LogP contribution is -2.43. The van der Waals surface area contributed by atoms with E-state index >= 15 is 0 Å². The zero-order valence-electron chi connectivity index (χ0n) is 16.9. The van der Waals surface area contributed by atoms with Gasteiger partial charge in [-0.2, -0.15) is 0 Å². The van der Waals surface area contributed by atoms with Crippen LogP contribution in [-0.2, 0) is 16.8 Å². The number of carbonyl (C=O) groups excluding carboxylic acids is 1. The molecule has 1 amide bonds. The molecule has 5 nitrogen and oxygen atoms in total. The summed E-state index contributed by atoms with van der Waals surface area (Å²) in [6, 6.07) is 7.23. The van der Waals surface area contributed by atoms with Crippen molar-refractivity contribution in [1.29, 1.82) is 0 Å². The number of hydrogen-bond donors (Lipinski definition) is 1. The maximum Gasteiger partial charge on any atom is 0.308 e. The fourth-order valence-corrected chi connectivity index (χ4v) is 9.17. The summed E-state index contributed by atoms with van der Waals surface area (Å²) >= 11 is 3.21. The SMILES string of the molecule is COc1ccc(NC(=O)Cn2c3c(sc2=O)C(C)(C)[C@H]2[C@H]4CC[C@H](C4)[C@H]2S3)cc1. The third-order valence-corrected chi connectivity index (χ3v) is 10.1. The molecule has 2 heterocycles. The average molecular weight is 431 g/mol. The number of benzene rings is 1. The van der Waals surface area contributed by atoms with Gasteiger partial charge in [-0.1, -0.05) is 25.2 Å². The number of thioether (sulfide) groups is 1. The maximum absolute atomic E-state index is 12.8. The molecule has 2 saturated carbocycles. The molecule has 1 N–H and O–H groups in total. The van der Waals surface area contributed by atoms with E-state index in [0.29, 0.717) is 16.9 Å². The van der Waals surface area contributed by atoms with Crippen LogP contribution >= 0.6 is 23.1 Å². The standard InChI is InChI=1S/C22H26N2O3S2/c1-22(2)17-12-4-5-13(10-12)18(17)28-20-19(22)29-21(26)24(20)11-16(25)23-14-6-8-15(27-3)9-7-14/h6-9,12-13,17-18H,4-5,10-11H2,1-3H3,(H,23,25)/t12-,13+,17-,18+/m0/s1. The molecule has 3 aliphatic rings. The van der Waals surface area contributed by atoms with Crippen molar-refractivity contribution in [1.82, 2.24) is 4.57 Å². The molecule has 154 valence electrons. The summed E-state index contributed by atoms with van der Waals surface area (Å²) in [6.45, 7) is 4.68. The van der Waals surface area contributed by atoms with Gasteiger partial charge in [0.2, 0.25) is 5.91 Å². The quantitative estimate of drug-likeness (QED) is 0.783. The number of thiazole rings is 1. The van der Waals surface area contributed by atoms with E-state index in [-0.39, 0.29) is 22.7 Å². The van der Waals surface area contributed by atoms with Crippen molar-refractivity contribution in [2.24, 2.45) is 17.8 Å². The topological polar surface area (TPSA) is 60.3 Å². The van der Waals surface area contributed by atoms with Crippen LogP contribution in [0.4, 0.5) is 5.69 Å². The number of nitrogens with one attached hydrogen (secondary N) is 1. The van der Waals surface area contributed by atoms with Gasteiger partial charge >= 0.3 is 4.87 Å². The number of aromatic nitrogens is 1. The highest BCUT2D eigenvalue weighted by Gasteiger charge is 2.57. The normalized spacial score (nSPS) is 28.7. The number of ether oxygens (including phenoxy) is 1. The van der Waals surface area contributed by atoms with Crippen LogP contribution in [0.2, 0.25) is 0 Å². The molecule has 2 aliphatic carbocycles. The van der Waals surface area contributed by atoms with Crippen molar-refractivity contribution in [3.8, 4) is 5.75 Å². The summed E-state index contributed by atoms with van der Waals surface area (Å²) in [5.74, 6) is 2.78. The van der Waals surface area contributed by atoms with E-state index in [2.05, 4.69) is 19.2 Å². The van der Waals surface area contributed by atoms with Crippen LogP contribution < -0.4 is 14.9 Å². The third-order valence-electron chi connectivity index (χ3n) is 7.03. The molecule has 2 bridgehead atoms. The molecule has 1 aromatic carbocycles.